The van der Waals surface area contributed by atoms with Crippen LogP contribution in [0.3, 0.4) is 0 Å². The van der Waals surface area contributed by atoms with Gasteiger partial charge >= 0.3 is 5.69 Å². The van der Waals surface area contributed by atoms with E-state index in [1.165, 1.54) is 6.07 Å². The topological polar surface area (TPSA) is 72.2 Å². The predicted molar refractivity (Wildman–Crippen MR) is 70.0 cm³/mol. The third kappa shape index (κ3) is 3.36. The van der Waals surface area contributed by atoms with Crippen LogP contribution in [0.4, 0.5) is 5.69 Å². The summed E-state index contributed by atoms with van der Waals surface area (Å²) >= 11 is 6.91. The van der Waals surface area contributed by atoms with Crippen molar-refractivity contribution in [1.82, 2.24) is 5.32 Å². The number of carbonyl (C=O) groups excluding carboxylic acids is 1. The molecule has 0 saturated heterocycles. The van der Waals surface area contributed by atoms with Crippen LogP contribution in [0.5, 0.6) is 0 Å². The minimum atomic E-state index is -0.524. The van der Waals surface area contributed by atoms with E-state index in [2.05, 4.69) is 5.32 Å². The Balaban J connectivity index is 2.01. The lowest BCUT2D eigenvalue weighted by Crippen LogP contribution is -2.27. The van der Waals surface area contributed by atoms with Crippen molar-refractivity contribution in [1.29, 1.82) is 0 Å². The molecular weight excluding hydrogens is 276 g/mol. The molecule has 0 aliphatic heterocycles. The smallest absolute Gasteiger partial charge is 0.301 e. The molecule has 7 heteroatoms. The van der Waals surface area contributed by atoms with Crippen LogP contribution in [0.2, 0.25) is 5.02 Å². The number of halogens is 1. The van der Waals surface area contributed by atoms with Gasteiger partial charge in [0.2, 0.25) is 5.91 Å². The molecule has 1 fully saturated rings. The van der Waals surface area contributed by atoms with Crippen molar-refractivity contribution in [3.05, 3.63) is 33.3 Å². The molecule has 2 rings (SSSR count). The summed E-state index contributed by atoms with van der Waals surface area (Å²) in [5.41, 5.74) is -0.136. The Kier molecular flexibility index (Phi) is 4.08. The van der Waals surface area contributed by atoms with Crippen LogP contribution in [-0.4, -0.2) is 22.6 Å². The van der Waals surface area contributed by atoms with Gasteiger partial charge in [-0.05, 0) is 25.0 Å². The van der Waals surface area contributed by atoms with Crippen LogP contribution in [0, 0.1) is 10.1 Å². The lowest BCUT2D eigenvalue weighted by atomic mass is 10.3. The zero-order valence-electron chi connectivity index (χ0n) is 9.39. The number of nitrogens with zero attached hydrogens (tertiary/aromatic N) is 1. The van der Waals surface area contributed by atoms with E-state index in [0.29, 0.717) is 10.9 Å². The quantitative estimate of drug-likeness (QED) is 0.513. The Bertz CT molecular complexity index is 491. The number of amides is 1. The summed E-state index contributed by atoms with van der Waals surface area (Å²) in [7, 11) is 0. The number of hydrogen-bond acceptors (Lipinski definition) is 4. The standard InChI is InChI=1S/C11H11ClN2O3S/c12-8-2-1-3-9(11(8)14(16)17)18-6-10(15)13-7-4-5-7/h1-3,7H,4-6H2,(H,13,15). The summed E-state index contributed by atoms with van der Waals surface area (Å²) in [6.07, 6.45) is 2.04. The number of nitro groups is 1. The van der Waals surface area contributed by atoms with Crippen LogP contribution in [0.1, 0.15) is 12.8 Å². The largest absolute Gasteiger partial charge is 0.353 e. The highest BCUT2D eigenvalue weighted by Gasteiger charge is 2.24. The molecule has 96 valence electrons. The average Bonchev–Trinajstić information content (AvgIpc) is 3.09. The first kappa shape index (κ1) is 13.2. The van der Waals surface area contributed by atoms with Crippen molar-refractivity contribution in [3.8, 4) is 0 Å². The summed E-state index contributed by atoms with van der Waals surface area (Å²) in [6, 6.07) is 5.00. The van der Waals surface area contributed by atoms with Gasteiger partial charge in [-0.2, -0.15) is 0 Å². The van der Waals surface area contributed by atoms with Gasteiger partial charge in [-0.1, -0.05) is 17.7 Å². The fourth-order valence-electron chi connectivity index (χ4n) is 1.43. The van der Waals surface area contributed by atoms with Crippen molar-refractivity contribution in [2.75, 3.05) is 5.75 Å². The minimum absolute atomic E-state index is 0.0904. The van der Waals surface area contributed by atoms with Crippen molar-refractivity contribution >= 4 is 35.0 Å². The van der Waals surface area contributed by atoms with E-state index in [-0.39, 0.29) is 22.4 Å². The van der Waals surface area contributed by atoms with Crippen LogP contribution >= 0.6 is 23.4 Å². The van der Waals surface area contributed by atoms with Crippen molar-refractivity contribution < 1.29 is 9.72 Å². The average molecular weight is 287 g/mol. The third-order valence-corrected chi connectivity index (χ3v) is 3.79. The molecule has 1 aliphatic rings. The van der Waals surface area contributed by atoms with Gasteiger partial charge in [-0.15, -0.1) is 11.8 Å². The third-order valence-electron chi connectivity index (χ3n) is 2.43. The molecule has 0 aromatic heterocycles. The second-order valence-corrected chi connectivity index (χ2v) is 5.40. The summed E-state index contributed by atoms with van der Waals surface area (Å²) in [4.78, 5) is 22.3. The monoisotopic (exact) mass is 286 g/mol. The van der Waals surface area contributed by atoms with E-state index in [1.807, 2.05) is 0 Å². The van der Waals surface area contributed by atoms with Gasteiger partial charge in [-0.25, -0.2) is 0 Å². The zero-order valence-corrected chi connectivity index (χ0v) is 11.0. The zero-order chi connectivity index (χ0) is 13.1. The maximum Gasteiger partial charge on any atom is 0.301 e. The fourth-order valence-corrected chi connectivity index (χ4v) is 2.60. The van der Waals surface area contributed by atoms with Crippen molar-refractivity contribution in [2.45, 2.75) is 23.8 Å². The Morgan fingerprint density at radius 1 is 1.56 bits per heavy atom. The second kappa shape index (κ2) is 5.58. The van der Waals surface area contributed by atoms with Crippen LogP contribution in [0.15, 0.2) is 23.1 Å². The summed E-state index contributed by atoms with van der Waals surface area (Å²) in [6.45, 7) is 0. The number of nitro benzene ring substituents is 1. The van der Waals surface area contributed by atoms with E-state index in [1.54, 1.807) is 12.1 Å². The maximum absolute atomic E-state index is 11.5. The Morgan fingerprint density at radius 3 is 2.89 bits per heavy atom. The molecule has 18 heavy (non-hydrogen) atoms. The lowest BCUT2D eigenvalue weighted by Gasteiger charge is -2.04. The van der Waals surface area contributed by atoms with E-state index in [0.717, 1.165) is 24.6 Å². The van der Waals surface area contributed by atoms with E-state index in [9.17, 15) is 14.9 Å². The highest BCUT2D eigenvalue weighted by atomic mass is 35.5. The van der Waals surface area contributed by atoms with Crippen LogP contribution in [-0.2, 0) is 4.79 Å². The molecule has 1 aliphatic carbocycles. The lowest BCUT2D eigenvalue weighted by molar-refractivity contribution is -0.387. The molecule has 0 bridgehead atoms. The van der Waals surface area contributed by atoms with E-state index < -0.39 is 4.92 Å². The van der Waals surface area contributed by atoms with Gasteiger partial charge in [-0.3, -0.25) is 14.9 Å². The van der Waals surface area contributed by atoms with Gasteiger partial charge in [0.1, 0.15) is 5.02 Å². The molecule has 0 heterocycles. The molecule has 0 unspecified atom stereocenters. The highest BCUT2D eigenvalue weighted by molar-refractivity contribution is 8.00. The molecule has 5 nitrogen and oxygen atoms in total. The first-order valence-corrected chi connectivity index (χ1v) is 6.79. The van der Waals surface area contributed by atoms with Crippen molar-refractivity contribution in [2.24, 2.45) is 0 Å². The highest BCUT2D eigenvalue weighted by Crippen LogP contribution is 2.35. The number of rotatable bonds is 5. The van der Waals surface area contributed by atoms with Crippen LogP contribution < -0.4 is 5.32 Å². The fraction of sp³-hybridized carbons (Fsp3) is 0.364. The summed E-state index contributed by atoms with van der Waals surface area (Å²) in [5.74, 6) is 0.0642. The van der Waals surface area contributed by atoms with Gasteiger partial charge in [0, 0.05) is 6.04 Å². The molecule has 1 aromatic carbocycles. The van der Waals surface area contributed by atoms with Crippen LogP contribution in [0.25, 0.3) is 0 Å². The number of thioether (sulfide) groups is 1. The van der Waals surface area contributed by atoms with Gasteiger partial charge in [0.15, 0.2) is 0 Å². The van der Waals surface area contributed by atoms with Gasteiger partial charge in [0.05, 0.1) is 15.6 Å². The molecule has 0 spiro atoms. The first-order chi connectivity index (χ1) is 8.58. The van der Waals surface area contributed by atoms with E-state index in [4.69, 9.17) is 11.6 Å². The first-order valence-electron chi connectivity index (χ1n) is 5.43. The van der Waals surface area contributed by atoms with Gasteiger partial charge in [0.25, 0.3) is 0 Å². The molecule has 0 atom stereocenters. The molecular formula is C11H11ClN2O3S. The number of nitrogens with one attached hydrogen (secondary N) is 1. The summed E-state index contributed by atoms with van der Waals surface area (Å²) < 4.78 is 0. The van der Waals surface area contributed by atoms with Crippen molar-refractivity contribution in [3.63, 3.8) is 0 Å². The molecule has 1 amide bonds. The van der Waals surface area contributed by atoms with Gasteiger partial charge < -0.3 is 5.32 Å². The number of hydrogen-bond donors (Lipinski definition) is 1. The number of carbonyl (C=O) groups is 1. The minimum Gasteiger partial charge on any atom is -0.353 e. The molecule has 1 N–H and O–H groups in total. The normalized spacial score (nSPS) is 14.3. The Hall–Kier alpha value is -1.27. The Morgan fingerprint density at radius 2 is 2.28 bits per heavy atom. The SMILES string of the molecule is O=C(CSc1cccc(Cl)c1[N+](=O)[O-])NC1CC1. The second-order valence-electron chi connectivity index (χ2n) is 3.97. The molecule has 1 aromatic rings. The molecule has 0 radical (unpaired) electrons. The Labute approximate surface area is 113 Å². The number of para-hydroxylation sites is 1. The number of benzene rings is 1. The summed E-state index contributed by atoms with van der Waals surface area (Å²) in [5, 5.41) is 13.8. The maximum atomic E-state index is 11.5. The molecule has 1 saturated carbocycles. The van der Waals surface area contributed by atoms with E-state index >= 15 is 0 Å². The predicted octanol–water partition coefficient (Wildman–Crippen LogP) is 2.62.